The van der Waals surface area contributed by atoms with Crippen molar-refractivity contribution in [3.05, 3.63) is 95.1 Å². The first-order valence-corrected chi connectivity index (χ1v) is 10.6. The highest BCUT2D eigenvalue weighted by Gasteiger charge is 2.17. The number of ether oxygens (including phenoxy) is 1. The standard InChI is InChI=1S/C26H27N3O4/c1-18-7-9-20(10-8-18)17-28-24(30)22-5-3-4-6-23(22)29-26(32)25(31)27-16-15-19-11-13-21(33-2)14-12-19/h3-14H,15-17H2,1-2H3,(H,27,31)(H,28,30)(H,29,32). The van der Waals surface area contributed by atoms with Gasteiger partial charge < -0.3 is 20.7 Å². The van der Waals surface area contributed by atoms with Crippen LogP contribution in [0.25, 0.3) is 0 Å². The quantitative estimate of drug-likeness (QED) is 0.464. The lowest BCUT2D eigenvalue weighted by atomic mass is 10.1. The number of carbonyl (C=O) groups is 3. The van der Waals surface area contributed by atoms with Crippen molar-refractivity contribution in [2.75, 3.05) is 19.0 Å². The van der Waals surface area contributed by atoms with Crippen molar-refractivity contribution in [2.45, 2.75) is 19.9 Å². The summed E-state index contributed by atoms with van der Waals surface area (Å²) in [5.74, 6) is -1.18. The van der Waals surface area contributed by atoms with Gasteiger partial charge in [-0.15, -0.1) is 0 Å². The molecule has 3 rings (SSSR count). The molecule has 0 radical (unpaired) electrons. The molecule has 0 saturated heterocycles. The number of rotatable bonds is 8. The minimum absolute atomic E-state index is 0.272. The minimum Gasteiger partial charge on any atom is -0.497 e. The maximum absolute atomic E-state index is 12.7. The lowest BCUT2D eigenvalue weighted by molar-refractivity contribution is -0.136. The molecule has 0 saturated carbocycles. The third kappa shape index (κ3) is 6.93. The Balaban J connectivity index is 1.52. The Bertz CT molecular complexity index is 1110. The number of methoxy groups -OCH3 is 1. The van der Waals surface area contributed by atoms with Crippen molar-refractivity contribution in [3.63, 3.8) is 0 Å². The van der Waals surface area contributed by atoms with Crippen molar-refractivity contribution in [2.24, 2.45) is 0 Å². The van der Waals surface area contributed by atoms with Crippen LogP contribution in [0.2, 0.25) is 0 Å². The molecule has 0 aliphatic carbocycles. The van der Waals surface area contributed by atoms with Crippen LogP contribution in [0.3, 0.4) is 0 Å². The Labute approximate surface area is 193 Å². The number of benzene rings is 3. The fourth-order valence-electron chi connectivity index (χ4n) is 3.15. The number of anilines is 1. The molecule has 3 amide bonds. The number of hydrogen-bond donors (Lipinski definition) is 3. The highest BCUT2D eigenvalue weighted by Crippen LogP contribution is 2.15. The minimum atomic E-state index is -0.830. The van der Waals surface area contributed by atoms with Crippen molar-refractivity contribution in [1.82, 2.24) is 10.6 Å². The fraction of sp³-hybridized carbons (Fsp3) is 0.192. The number of carbonyl (C=O) groups excluding carboxylic acids is 3. The van der Waals surface area contributed by atoms with E-state index in [1.54, 1.807) is 31.4 Å². The van der Waals surface area contributed by atoms with Crippen molar-refractivity contribution >= 4 is 23.4 Å². The summed E-state index contributed by atoms with van der Waals surface area (Å²) >= 11 is 0. The van der Waals surface area contributed by atoms with Crippen LogP contribution in [0.15, 0.2) is 72.8 Å². The third-order valence-corrected chi connectivity index (χ3v) is 5.06. The summed E-state index contributed by atoms with van der Waals surface area (Å²) in [4.78, 5) is 37.2. The molecule has 0 spiro atoms. The number of para-hydroxylation sites is 1. The van der Waals surface area contributed by atoms with E-state index in [9.17, 15) is 14.4 Å². The summed E-state index contributed by atoms with van der Waals surface area (Å²) in [6, 6.07) is 21.9. The number of amides is 3. The lowest BCUT2D eigenvalue weighted by Gasteiger charge is -2.12. The molecular formula is C26H27N3O4. The molecule has 0 fully saturated rings. The summed E-state index contributed by atoms with van der Waals surface area (Å²) in [5, 5.41) is 7.97. The molecule has 0 bridgehead atoms. The van der Waals surface area contributed by atoms with E-state index in [4.69, 9.17) is 4.74 Å². The second-order valence-electron chi connectivity index (χ2n) is 7.52. The SMILES string of the molecule is COc1ccc(CCNC(=O)C(=O)Nc2ccccc2C(=O)NCc2ccc(C)cc2)cc1. The van der Waals surface area contributed by atoms with Gasteiger partial charge in [-0.1, -0.05) is 54.1 Å². The van der Waals surface area contributed by atoms with Gasteiger partial charge in [-0.05, 0) is 48.7 Å². The fourth-order valence-corrected chi connectivity index (χ4v) is 3.15. The largest absolute Gasteiger partial charge is 0.497 e. The van der Waals surface area contributed by atoms with Gasteiger partial charge in [0.25, 0.3) is 5.91 Å². The summed E-state index contributed by atoms with van der Waals surface area (Å²) in [5.41, 5.74) is 3.66. The predicted molar refractivity (Wildman–Crippen MR) is 127 cm³/mol. The molecule has 0 unspecified atom stereocenters. The second kappa shape index (κ2) is 11.5. The molecule has 0 aromatic heterocycles. The summed E-state index contributed by atoms with van der Waals surface area (Å²) in [7, 11) is 1.60. The Morgan fingerprint density at radius 1 is 0.788 bits per heavy atom. The van der Waals surface area contributed by atoms with E-state index in [0.717, 1.165) is 22.4 Å². The zero-order valence-electron chi connectivity index (χ0n) is 18.7. The first kappa shape index (κ1) is 23.5. The summed E-state index contributed by atoms with van der Waals surface area (Å²) in [6.45, 7) is 2.65. The van der Waals surface area contributed by atoms with E-state index in [2.05, 4.69) is 16.0 Å². The highest BCUT2D eigenvalue weighted by atomic mass is 16.5. The van der Waals surface area contributed by atoms with Crippen LogP contribution in [0.4, 0.5) is 5.69 Å². The molecule has 7 nitrogen and oxygen atoms in total. The third-order valence-electron chi connectivity index (χ3n) is 5.06. The Kier molecular flexibility index (Phi) is 8.18. The van der Waals surface area contributed by atoms with E-state index in [1.165, 1.54) is 0 Å². The highest BCUT2D eigenvalue weighted by molar-refractivity contribution is 6.40. The normalized spacial score (nSPS) is 10.2. The van der Waals surface area contributed by atoms with Gasteiger partial charge in [0.1, 0.15) is 5.75 Å². The van der Waals surface area contributed by atoms with Crippen LogP contribution in [0.1, 0.15) is 27.0 Å². The molecule has 0 heterocycles. The first-order valence-electron chi connectivity index (χ1n) is 10.6. The average molecular weight is 446 g/mol. The van der Waals surface area contributed by atoms with Gasteiger partial charge in [0.05, 0.1) is 18.4 Å². The second-order valence-corrected chi connectivity index (χ2v) is 7.52. The number of hydrogen-bond acceptors (Lipinski definition) is 4. The van der Waals surface area contributed by atoms with E-state index in [-0.39, 0.29) is 17.2 Å². The monoisotopic (exact) mass is 445 g/mol. The van der Waals surface area contributed by atoms with E-state index in [0.29, 0.717) is 19.5 Å². The number of aryl methyl sites for hydroxylation is 1. The van der Waals surface area contributed by atoms with Gasteiger partial charge in [-0.25, -0.2) is 0 Å². The molecule has 3 aromatic carbocycles. The Morgan fingerprint density at radius 2 is 1.45 bits per heavy atom. The zero-order chi connectivity index (χ0) is 23.6. The van der Waals surface area contributed by atoms with Gasteiger partial charge in [0.2, 0.25) is 0 Å². The van der Waals surface area contributed by atoms with Gasteiger partial charge in [-0.3, -0.25) is 14.4 Å². The maximum atomic E-state index is 12.7. The smallest absolute Gasteiger partial charge is 0.313 e. The molecule has 3 N–H and O–H groups in total. The molecular weight excluding hydrogens is 418 g/mol. The van der Waals surface area contributed by atoms with E-state index >= 15 is 0 Å². The molecule has 0 atom stereocenters. The van der Waals surface area contributed by atoms with Gasteiger partial charge in [0, 0.05) is 13.1 Å². The average Bonchev–Trinajstić information content (AvgIpc) is 2.84. The predicted octanol–water partition coefficient (Wildman–Crippen LogP) is 3.23. The van der Waals surface area contributed by atoms with Gasteiger partial charge in [-0.2, -0.15) is 0 Å². The zero-order valence-corrected chi connectivity index (χ0v) is 18.7. The molecule has 0 aliphatic heterocycles. The van der Waals surface area contributed by atoms with Crippen molar-refractivity contribution in [3.8, 4) is 5.75 Å². The molecule has 7 heteroatoms. The van der Waals surface area contributed by atoms with Crippen molar-refractivity contribution in [1.29, 1.82) is 0 Å². The van der Waals surface area contributed by atoms with Crippen LogP contribution in [-0.4, -0.2) is 31.4 Å². The molecule has 170 valence electrons. The Morgan fingerprint density at radius 3 is 2.15 bits per heavy atom. The van der Waals surface area contributed by atoms with Gasteiger partial charge in [0.15, 0.2) is 0 Å². The first-order chi connectivity index (χ1) is 16.0. The van der Waals surface area contributed by atoms with Crippen LogP contribution >= 0.6 is 0 Å². The molecule has 0 aliphatic rings. The topological polar surface area (TPSA) is 96.5 Å². The van der Waals surface area contributed by atoms with E-state index < -0.39 is 11.8 Å². The molecule has 3 aromatic rings. The van der Waals surface area contributed by atoms with Crippen LogP contribution in [0, 0.1) is 6.92 Å². The lowest BCUT2D eigenvalue weighted by Crippen LogP contribution is -2.37. The van der Waals surface area contributed by atoms with Gasteiger partial charge >= 0.3 is 11.8 Å². The molecule has 33 heavy (non-hydrogen) atoms. The van der Waals surface area contributed by atoms with Crippen LogP contribution in [0.5, 0.6) is 5.75 Å². The van der Waals surface area contributed by atoms with Crippen LogP contribution in [-0.2, 0) is 22.6 Å². The summed E-state index contributed by atoms with van der Waals surface area (Å²) < 4.78 is 5.12. The van der Waals surface area contributed by atoms with Crippen LogP contribution < -0.4 is 20.7 Å². The van der Waals surface area contributed by atoms with Crippen molar-refractivity contribution < 1.29 is 19.1 Å². The number of nitrogens with one attached hydrogen (secondary N) is 3. The summed E-state index contributed by atoms with van der Waals surface area (Å²) in [6.07, 6.45) is 0.570. The van der Waals surface area contributed by atoms with E-state index in [1.807, 2.05) is 55.5 Å². The Hall–Kier alpha value is -4.13. The maximum Gasteiger partial charge on any atom is 0.313 e.